The van der Waals surface area contributed by atoms with Crippen LogP contribution in [-0.2, 0) is 15.1 Å². The molecule has 0 aromatic rings. The quantitative estimate of drug-likeness (QED) is 0.249. The number of hydrogen-bond acceptors (Lipinski definition) is 3. The molecule has 0 spiro atoms. The average Bonchev–Trinajstić information content (AvgIpc) is 1.85. The summed E-state index contributed by atoms with van der Waals surface area (Å²) in [6, 6.07) is 0. The van der Waals surface area contributed by atoms with E-state index in [0.29, 0.717) is 0 Å². The second-order valence-corrected chi connectivity index (χ2v) is 2.80. The van der Waals surface area contributed by atoms with Crippen molar-refractivity contribution in [2.24, 2.45) is 0 Å². The molecule has 0 aromatic carbocycles. The predicted molar refractivity (Wildman–Crippen MR) is 45.0 cm³/mol. The van der Waals surface area contributed by atoms with Gasteiger partial charge in [-0.15, -0.1) is 0 Å². The van der Waals surface area contributed by atoms with E-state index in [1.54, 1.807) is 6.61 Å². The topological polar surface area (TPSA) is 83.8 Å². The van der Waals surface area contributed by atoms with Gasteiger partial charge in [0.25, 0.3) is 0 Å². The number of rotatable bonds is 4. The van der Waals surface area contributed by atoms with E-state index in [4.69, 9.17) is 22.3 Å². The van der Waals surface area contributed by atoms with Crippen molar-refractivity contribution >= 4 is 10.4 Å². The van der Waals surface area contributed by atoms with Crippen LogP contribution in [0.1, 0.15) is 26.7 Å². The Morgan fingerprint density at radius 2 is 1.77 bits per heavy atom. The Morgan fingerprint density at radius 1 is 1.38 bits per heavy atom. The van der Waals surface area contributed by atoms with Crippen LogP contribution >= 0.6 is 0 Å². The number of ether oxygens (including phenoxy) is 1. The summed E-state index contributed by atoms with van der Waals surface area (Å²) >= 11 is 0. The zero-order valence-electron chi connectivity index (χ0n) is 8.23. The van der Waals surface area contributed by atoms with Crippen LogP contribution in [0.25, 0.3) is 0 Å². The third kappa shape index (κ3) is 68.9. The van der Waals surface area contributed by atoms with Crippen LogP contribution < -0.4 is 18.9 Å². The van der Waals surface area contributed by atoms with E-state index < -0.39 is 10.4 Å². The van der Waals surface area contributed by atoms with E-state index in [0.717, 1.165) is 6.61 Å². The van der Waals surface area contributed by atoms with Crippen molar-refractivity contribution in [3.63, 3.8) is 0 Å². The zero-order valence-corrected chi connectivity index (χ0v) is 9.04. The summed E-state index contributed by atoms with van der Waals surface area (Å²) in [7, 11) is -4.67. The first-order valence-corrected chi connectivity index (χ1v) is 4.90. The van der Waals surface area contributed by atoms with E-state index in [-0.39, 0.29) is 18.9 Å². The van der Waals surface area contributed by atoms with E-state index in [1.165, 1.54) is 12.8 Å². The minimum absolute atomic E-state index is 0. The second-order valence-electron chi connectivity index (χ2n) is 1.91. The molecular formula is C6H15LiO5S. The van der Waals surface area contributed by atoms with Gasteiger partial charge < -0.3 is 4.74 Å². The molecule has 0 unspecified atom stereocenters. The van der Waals surface area contributed by atoms with Gasteiger partial charge in [0.2, 0.25) is 0 Å². The molecule has 0 bridgehead atoms. The Morgan fingerprint density at radius 3 is 2.00 bits per heavy atom. The predicted octanol–water partition coefficient (Wildman–Crippen LogP) is -1.66. The SMILES string of the molecule is C[CH-]OCCCC.O=S(=O)(O)O.[Li+]. The summed E-state index contributed by atoms with van der Waals surface area (Å²) in [6.07, 6.45) is 2.39. The third-order valence-corrected chi connectivity index (χ3v) is 0.782. The van der Waals surface area contributed by atoms with Crippen LogP contribution in [0, 0.1) is 6.61 Å². The Balaban J connectivity index is -0.000000150. The summed E-state index contributed by atoms with van der Waals surface area (Å²) in [5, 5.41) is 0. The van der Waals surface area contributed by atoms with Gasteiger partial charge in [-0.25, -0.2) is 6.61 Å². The summed E-state index contributed by atoms with van der Waals surface area (Å²) in [5.41, 5.74) is 0. The molecule has 0 amide bonds. The molecule has 0 aliphatic carbocycles. The largest absolute Gasteiger partial charge is 1.00 e. The smallest absolute Gasteiger partial charge is 0.552 e. The molecule has 0 saturated heterocycles. The molecule has 7 heteroatoms. The molecule has 5 nitrogen and oxygen atoms in total. The van der Waals surface area contributed by atoms with Gasteiger partial charge in [-0.3, -0.25) is 9.11 Å². The summed E-state index contributed by atoms with van der Waals surface area (Å²) in [5.74, 6) is 0. The first kappa shape index (κ1) is 19.1. The van der Waals surface area contributed by atoms with Gasteiger partial charge in [-0.2, -0.15) is 15.3 Å². The van der Waals surface area contributed by atoms with Crippen LogP contribution in [0.4, 0.5) is 0 Å². The van der Waals surface area contributed by atoms with Gasteiger partial charge in [-0.05, 0) is 6.42 Å². The second kappa shape index (κ2) is 12.4. The molecule has 0 aliphatic heterocycles. The standard InChI is InChI=1S/C6H13O.Li.H2O4S/c1-3-5-6-7-4-2;;1-5(2,3)4/h4H,3,5-6H2,1-2H3;;(H2,1,2,3,4)/q-1;+1;. The van der Waals surface area contributed by atoms with Gasteiger partial charge in [0.1, 0.15) is 0 Å². The molecular weight excluding hydrogens is 191 g/mol. The minimum atomic E-state index is -4.67. The molecule has 0 rings (SSSR count). The Bertz CT molecular complexity index is 156. The molecule has 0 saturated carbocycles. The Hall–Kier alpha value is 0.427. The number of hydrogen-bond donors (Lipinski definition) is 2. The van der Waals surface area contributed by atoms with Crippen molar-refractivity contribution < 1.29 is 41.1 Å². The molecule has 0 heterocycles. The normalized spacial score (nSPS) is 9.54. The van der Waals surface area contributed by atoms with Gasteiger partial charge in [0, 0.05) is 6.61 Å². The van der Waals surface area contributed by atoms with Crippen molar-refractivity contribution in [1.29, 1.82) is 0 Å². The summed E-state index contributed by atoms with van der Waals surface area (Å²) in [4.78, 5) is 0. The Labute approximate surface area is 91.6 Å². The minimum Gasteiger partial charge on any atom is -0.552 e. The fourth-order valence-corrected chi connectivity index (χ4v) is 0.346. The molecule has 76 valence electrons. The zero-order chi connectivity index (χ0) is 10.0. The van der Waals surface area contributed by atoms with E-state index >= 15 is 0 Å². The van der Waals surface area contributed by atoms with Crippen LogP contribution in [-0.4, -0.2) is 24.1 Å². The fraction of sp³-hybridized carbons (Fsp3) is 0.833. The van der Waals surface area contributed by atoms with Crippen molar-refractivity contribution in [1.82, 2.24) is 0 Å². The summed E-state index contributed by atoms with van der Waals surface area (Å²) in [6.45, 7) is 6.66. The van der Waals surface area contributed by atoms with Crippen LogP contribution in [0.5, 0.6) is 0 Å². The van der Waals surface area contributed by atoms with Crippen LogP contribution in [0.15, 0.2) is 0 Å². The van der Waals surface area contributed by atoms with Gasteiger partial charge in [-0.1, -0.05) is 13.3 Å². The maximum atomic E-state index is 8.74. The molecule has 0 fully saturated rings. The average molecular weight is 206 g/mol. The van der Waals surface area contributed by atoms with Crippen molar-refractivity contribution in [2.45, 2.75) is 26.7 Å². The van der Waals surface area contributed by atoms with Gasteiger partial charge in [0.05, 0.1) is 0 Å². The molecule has 0 radical (unpaired) electrons. The van der Waals surface area contributed by atoms with Crippen molar-refractivity contribution in [2.75, 3.05) is 6.61 Å². The van der Waals surface area contributed by atoms with Crippen molar-refractivity contribution in [3.05, 3.63) is 6.61 Å². The maximum Gasteiger partial charge on any atom is 1.00 e. The number of unbranched alkanes of at least 4 members (excludes halogenated alkanes) is 1. The van der Waals surface area contributed by atoms with E-state index in [1.807, 2.05) is 6.92 Å². The van der Waals surface area contributed by atoms with Crippen molar-refractivity contribution in [3.8, 4) is 0 Å². The van der Waals surface area contributed by atoms with Gasteiger partial charge in [0.15, 0.2) is 0 Å². The van der Waals surface area contributed by atoms with E-state index in [9.17, 15) is 0 Å². The fourth-order valence-electron chi connectivity index (χ4n) is 0.346. The third-order valence-electron chi connectivity index (χ3n) is 0.782. The molecule has 0 aromatic heterocycles. The maximum absolute atomic E-state index is 8.74. The Kier molecular flexibility index (Phi) is 18.2. The monoisotopic (exact) mass is 206 g/mol. The van der Waals surface area contributed by atoms with Crippen LogP contribution in [0.3, 0.4) is 0 Å². The molecule has 2 N–H and O–H groups in total. The molecule has 13 heavy (non-hydrogen) atoms. The van der Waals surface area contributed by atoms with Crippen LogP contribution in [0.2, 0.25) is 0 Å². The van der Waals surface area contributed by atoms with E-state index in [2.05, 4.69) is 6.92 Å². The first-order chi connectivity index (χ1) is 5.41. The first-order valence-electron chi connectivity index (χ1n) is 3.51. The summed E-state index contributed by atoms with van der Waals surface area (Å²) < 4.78 is 36.5. The molecule has 0 atom stereocenters. The molecule has 0 aliphatic rings. The van der Waals surface area contributed by atoms with Gasteiger partial charge >= 0.3 is 29.3 Å².